The van der Waals surface area contributed by atoms with Gasteiger partial charge in [0.25, 0.3) is 5.91 Å². The molecule has 3 aliphatic rings. The van der Waals surface area contributed by atoms with Gasteiger partial charge in [-0.2, -0.15) is 0 Å². The zero-order valence-electron chi connectivity index (χ0n) is 26.7. The zero-order valence-corrected chi connectivity index (χ0v) is 27.6. The molecule has 10 nitrogen and oxygen atoms in total. The lowest BCUT2D eigenvalue weighted by Crippen LogP contribution is -2.52. The van der Waals surface area contributed by atoms with Crippen LogP contribution in [0.5, 0.6) is 5.75 Å². The number of aryl methyl sites for hydroxylation is 2. The van der Waals surface area contributed by atoms with Crippen LogP contribution in [0.2, 0.25) is 0 Å². The number of rotatable bonds is 9. The van der Waals surface area contributed by atoms with Crippen LogP contribution in [-0.2, 0) is 29.4 Å². The second-order valence-electron chi connectivity index (χ2n) is 13.2. The number of carbonyl (C=O) groups excluding carboxylic acids is 1. The Morgan fingerprint density at radius 2 is 1.98 bits per heavy atom. The molecule has 2 aliphatic heterocycles. The van der Waals surface area contributed by atoms with Gasteiger partial charge in [0.1, 0.15) is 22.4 Å². The summed E-state index contributed by atoms with van der Waals surface area (Å²) in [7, 11) is -2.08. The molecule has 2 aromatic heterocycles. The molecule has 1 saturated heterocycles. The van der Waals surface area contributed by atoms with Crippen LogP contribution in [-0.4, -0.2) is 71.6 Å². The van der Waals surface area contributed by atoms with E-state index in [1.807, 2.05) is 36.7 Å². The standard InChI is InChI=1S/C35H40FN5O5S/c1-4-23-19-41-20-35(10-11-35)47(44,45)40(3)31-16-24(15-28(23)32(31)41)34(43)39-30(14-22-5-7-25(36)8-6-22)33(42)29-17-27(18-38-29)46-26-9-12-37-21(2)13-26/h5-9,12-13,15-16,19,27,29-30,33,38,42H,4,10-11,14,17-18,20H2,1-3H3,(H,39,43)/t27-,29-,30+,33-/m1/s1. The number of aliphatic hydroxyl groups is 1. The van der Waals surface area contributed by atoms with Gasteiger partial charge >= 0.3 is 0 Å². The number of amides is 1. The Hall–Kier alpha value is -4.00. The molecule has 4 atom stereocenters. The van der Waals surface area contributed by atoms with Gasteiger partial charge in [0.15, 0.2) is 0 Å². The molecule has 0 unspecified atom stereocenters. The number of aliphatic hydroxyl groups excluding tert-OH is 1. The highest BCUT2D eigenvalue weighted by atomic mass is 32.2. The van der Waals surface area contributed by atoms with E-state index in [0.29, 0.717) is 49.4 Å². The maximum absolute atomic E-state index is 14.1. The number of carbonyl (C=O) groups is 1. The number of nitrogens with one attached hydrogen (secondary N) is 2. The molecule has 47 heavy (non-hydrogen) atoms. The topological polar surface area (TPSA) is 126 Å². The first-order chi connectivity index (χ1) is 22.5. The molecular formula is C35H40FN5O5S. The van der Waals surface area contributed by atoms with Gasteiger partial charge in [-0.25, -0.2) is 12.8 Å². The minimum absolute atomic E-state index is 0.193. The first-order valence-corrected chi connectivity index (χ1v) is 17.6. The molecule has 248 valence electrons. The molecule has 12 heteroatoms. The van der Waals surface area contributed by atoms with Crippen molar-refractivity contribution in [2.24, 2.45) is 0 Å². The predicted octanol–water partition coefficient (Wildman–Crippen LogP) is 3.87. The van der Waals surface area contributed by atoms with E-state index in [9.17, 15) is 22.7 Å². The molecule has 1 amide bonds. The number of pyridine rings is 1. The van der Waals surface area contributed by atoms with Gasteiger partial charge in [0.2, 0.25) is 10.0 Å². The summed E-state index contributed by atoms with van der Waals surface area (Å²) in [6.45, 7) is 4.84. The van der Waals surface area contributed by atoms with Gasteiger partial charge in [-0.15, -0.1) is 0 Å². The fourth-order valence-corrected chi connectivity index (χ4v) is 9.06. The number of hydrogen-bond acceptors (Lipinski definition) is 7. The lowest BCUT2D eigenvalue weighted by Gasteiger charge is -2.29. The number of ether oxygens (including phenoxy) is 1. The Kier molecular flexibility index (Phi) is 8.00. The number of anilines is 1. The average Bonchev–Trinajstić information content (AvgIpc) is 3.58. The van der Waals surface area contributed by atoms with Crippen molar-refractivity contribution in [1.82, 2.24) is 20.2 Å². The molecule has 1 saturated carbocycles. The van der Waals surface area contributed by atoms with Crippen LogP contribution in [0.15, 0.2) is 60.9 Å². The second-order valence-corrected chi connectivity index (χ2v) is 15.6. The summed E-state index contributed by atoms with van der Waals surface area (Å²) in [5.41, 5.74) is 4.21. The largest absolute Gasteiger partial charge is 0.489 e. The molecule has 7 rings (SSSR count). The van der Waals surface area contributed by atoms with E-state index in [1.165, 1.54) is 16.4 Å². The first-order valence-electron chi connectivity index (χ1n) is 16.2. The Labute approximate surface area is 274 Å². The van der Waals surface area contributed by atoms with Crippen LogP contribution in [0.25, 0.3) is 10.9 Å². The van der Waals surface area contributed by atoms with Gasteiger partial charge in [-0.3, -0.25) is 14.1 Å². The molecule has 3 N–H and O–H groups in total. The highest BCUT2D eigenvalue weighted by Crippen LogP contribution is 2.51. The number of hydrogen-bond donors (Lipinski definition) is 3. The highest BCUT2D eigenvalue weighted by Gasteiger charge is 2.58. The molecule has 0 radical (unpaired) electrons. The third-order valence-corrected chi connectivity index (χ3v) is 12.5. The Bertz CT molecular complexity index is 1940. The SMILES string of the molecule is CCc1cn2c3c(cc(C(=O)N[C@@H](Cc4ccc(F)cc4)[C@H](O)[C@H]4C[C@@H](Oc5ccnc(C)c5)CN4)cc13)N(C)S(=O)(=O)C1(CC1)C2. The summed E-state index contributed by atoms with van der Waals surface area (Å²) in [5, 5.41) is 19.0. The molecule has 4 heterocycles. The fourth-order valence-electron chi connectivity index (χ4n) is 7.16. The van der Waals surface area contributed by atoms with Crippen LogP contribution in [0.1, 0.15) is 53.4 Å². The van der Waals surface area contributed by atoms with Crippen molar-refractivity contribution < 1.29 is 27.4 Å². The quantitative estimate of drug-likeness (QED) is 0.249. The Morgan fingerprint density at radius 1 is 1.21 bits per heavy atom. The lowest BCUT2D eigenvalue weighted by molar-refractivity contribution is 0.0720. The van der Waals surface area contributed by atoms with E-state index in [4.69, 9.17) is 4.74 Å². The van der Waals surface area contributed by atoms with Crippen LogP contribution < -0.4 is 19.7 Å². The predicted molar refractivity (Wildman–Crippen MR) is 178 cm³/mol. The molecule has 2 aromatic carbocycles. The van der Waals surface area contributed by atoms with Gasteiger partial charge in [-0.1, -0.05) is 19.1 Å². The Balaban J connectivity index is 1.18. The van der Waals surface area contributed by atoms with Crippen molar-refractivity contribution in [2.75, 3.05) is 17.9 Å². The van der Waals surface area contributed by atoms with Gasteiger partial charge in [0, 0.05) is 67.7 Å². The van der Waals surface area contributed by atoms with Crippen LogP contribution >= 0.6 is 0 Å². The van der Waals surface area contributed by atoms with Crippen molar-refractivity contribution in [1.29, 1.82) is 0 Å². The smallest absolute Gasteiger partial charge is 0.251 e. The highest BCUT2D eigenvalue weighted by molar-refractivity contribution is 7.94. The molecule has 4 aromatic rings. The van der Waals surface area contributed by atoms with Crippen LogP contribution in [0, 0.1) is 12.7 Å². The summed E-state index contributed by atoms with van der Waals surface area (Å²) in [5.74, 6) is -0.105. The monoisotopic (exact) mass is 661 g/mol. The van der Waals surface area contributed by atoms with Gasteiger partial charge in [0.05, 0.1) is 23.3 Å². The van der Waals surface area contributed by atoms with Gasteiger partial charge < -0.3 is 25.0 Å². The van der Waals surface area contributed by atoms with Gasteiger partial charge in [-0.05, 0) is 74.1 Å². The molecule has 1 aliphatic carbocycles. The van der Waals surface area contributed by atoms with Crippen molar-refractivity contribution in [3.63, 3.8) is 0 Å². The average molecular weight is 662 g/mol. The number of nitrogens with zero attached hydrogens (tertiary/aromatic N) is 3. The van der Waals surface area contributed by atoms with Crippen molar-refractivity contribution in [3.8, 4) is 5.75 Å². The second kappa shape index (κ2) is 11.9. The van der Waals surface area contributed by atoms with Crippen molar-refractivity contribution in [2.45, 2.75) is 81.5 Å². The summed E-state index contributed by atoms with van der Waals surface area (Å²) >= 11 is 0. The van der Waals surface area contributed by atoms with Crippen molar-refractivity contribution in [3.05, 3.63) is 89.1 Å². The minimum atomic E-state index is -3.65. The number of benzene rings is 2. The number of sulfonamides is 1. The summed E-state index contributed by atoms with van der Waals surface area (Å²) < 4.78 is 49.8. The van der Waals surface area contributed by atoms with E-state index in [-0.39, 0.29) is 24.4 Å². The molecule has 0 bridgehead atoms. The molecule has 1 spiro atoms. The van der Waals surface area contributed by atoms with Crippen LogP contribution in [0.3, 0.4) is 0 Å². The van der Waals surface area contributed by atoms with E-state index >= 15 is 0 Å². The van der Waals surface area contributed by atoms with Crippen LogP contribution in [0.4, 0.5) is 10.1 Å². The summed E-state index contributed by atoms with van der Waals surface area (Å²) in [4.78, 5) is 18.3. The maximum Gasteiger partial charge on any atom is 0.251 e. The Morgan fingerprint density at radius 3 is 2.68 bits per heavy atom. The minimum Gasteiger partial charge on any atom is -0.489 e. The first kappa shape index (κ1) is 31.6. The third kappa shape index (κ3) is 5.76. The van der Waals surface area contributed by atoms with Crippen molar-refractivity contribution >= 4 is 32.5 Å². The number of halogens is 1. The van der Waals surface area contributed by atoms with E-state index in [1.54, 1.807) is 37.5 Å². The van der Waals surface area contributed by atoms with E-state index in [0.717, 1.165) is 34.1 Å². The summed E-state index contributed by atoms with van der Waals surface area (Å²) in [6.07, 6.45) is 5.20. The van der Waals surface area contributed by atoms with E-state index < -0.39 is 32.8 Å². The number of aromatic nitrogens is 2. The van der Waals surface area contributed by atoms with E-state index in [2.05, 4.69) is 15.6 Å². The normalized spacial score (nSPS) is 22.2. The molecule has 2 fully saturated rings. The zero-order chi connectivity index (χ0) is 33.1. The fraction of sp³-hybridized carbons (Fsp3) is 0.429. The maximum atomic E-state index is 14.1. The molecular weight excluding hydrogens is 621 g/mol. The lowest BCUT2D eigenvalue weighted by atomic mass is 9.94. The third-order valence-electron chi connectivity index (χ3n) is 10.00. The summed E-state index contributed by atoms with van der Waals surface area (Å²) in [6, 6.07) is 12.0.